The molecule has 0 aliphatic heterocycles. The summed E-state index contributed by atoms with van der Waals surface area (Å²) in [5, 5.41) is 8.89. The van der Waals surface area contributed by atoms with Crippen molar-refractivity contribution in [2.24, 2.45) is 5.92 Å². The number of Topliss-reactive ketones (excluding diaryl/α,β-unsaturated/α-hetero) is 1. The Morgan fingerprint density at radius 1 is 1.57 bits per heavy atom. The number of carboxylic acids is 1. The van der Waals surface area contributed by atoms with Gasteiger partial charge in [-0.3, -0.25) is 9.59 Å². The summed E-state index contributed by atoms with van der Waals surface area (Å²) in [4.78, 5) is 28.8. The monoisotopic (exact) mass is 199 g/mol. The van der Waals surface area contributed by atoms with E-state index in [1.807, 2.05) is 0 Å². The molecule has 1 fully saturated rings. The first-order valence-electron chi connectivity index (χ1n) is 4.80. The molecule has 0 aromatic heterocycles. The van der Waals surface area contributed by atoms with Crippen molar-refractivity contribution < 1.29 is 19.5 Å². The lowest BCUT2D eigenvalue weighted by Gasteiger charge is -2.17. The first-order chi connectivity index (χ1) is 6.61. The van der Waals surface area contributed by atoms with Crippen molar-refractivity contribution >= 4 is 18.0 Å². The molecule has 0 heterocycles. The fraction of sp³-hybridized carbons (Fsp3) is 0.700. The number of carboxylic acid groups (broad SMARTS) is 1. The standard InChI is InChI=1S/C8H14O.C2H2O3/c1-2-7-5-3-4-6-8(7)9;3-1-2(4)5/h7H,2-6H2,1H3;1H,(H,4,5)/p-1. The molecule has 1 saturated carbocycles. The summed E-state index contributed by atoms with van der Waals surface area (Å²) in [6, 6.07) is 0. The van der Waals surface area contributed by atoms with Gasteiger partial charge < -0.3 is 9.90 Å². The highest BCUT2D eigenvalue weighted by Gasteiger charge is 2.19. The molecule has 0 amide bonds. The maximum absolute atomic E-state index is 11.0. The van der Waals surface area contributed by atoms with Gasteiger partial charge >= 0.3 is 0 Å². The highest BCUT2D eigenvalue weighted by molar-refractivity contribution is 6.17. The minimum Gasteiger partial charge on any atom is -0.542 e. The van der Waals surface area contributed by atoms with Gasteiger partial charge in [0, 0.05) is 12.3 Å². The Labute approximate surface area is 83.3 Å². The molecule has 80 valence electrons. The van der Waals surface area contributed by atoms with Crippen LogP contribution in [0.15, 0.2) is 0 Å². The van der Waals surface area contributed by atoms with Gasteiger partial charge in [-0.1, -0.05) is 13.3 Å². The second-order valence-corrected chi connectivity index (χ2v) is 3.25. The summed E-state index contributed by atoms with van der Waals surface area (Å²) in [5.74, 6) is -0.757. The van der Waals surface area contributed by atoms with E-state index in [4.69, 9.17) is 14.7 Å². The molecule has 1 aliphatic rings. The Hall–Kier alpha value is -1.19. The van der Waals surface area contributed by atoms with Crippen molar-refractivity contribution in [3.05, 3.63) is 0 Å². The van der Waals surface area contributed by atoms with Crippen LogP contribution in [-0.2, 0) is 14.4 Å². The number of hydrogen-bond donors (Lipinski definition) is 0. The minimum absolute atomic E-state index is 0.278. The van der Waals surface area contributed by atoms with E-state index in [2.05, 4.69) is 6.92 Å². The molecule has 4 heteroatoms. The van der Waals surface area contributed by atoms with E-state index in [-0.39, 0.29) is 6.29 Å². The number of hydrogen-bond acceptors (Lipinski definition) is 4. The third kappa shape index (κ3) is 5.45. The molecule has 0 radical (unpaired) electrons. The summed E-state index contributed by atoms with van der Waals surface area (Å²) in [6.07, 6.45) is 5.17. The topological polar surface area (TPSA) is 74.3 Å². The summed E-state index contributed by atoms with van der Waals surface area (Å²) in [5.41, 5.74) is 0. The molecule has 0 spiro atoms. The van der Waals surface area contributed by atoms with Crippen molar-refractivity contribution in [1.29, 1.82) is 0 Å². The largest absolute Gasteiger partial charge is 0.542 e. The molecular weight excluding hydrogens is 184 g/mol. The second kappa shape index (κ2) is 7.24. The Kier molecular flexibility index (Phi) is 6.62. The van der Waals surface area contributed by atoms with Crippen LogP contribution in [0.2, 0.25) is 0 Å². The first-order valence-corrected chi connectivity index (χ1v) is 4.80. The van der Waals surface area contributed by atoms with Gasteiger partial charge in [0.1, 0.15) is 11.8 Å². The predicted octanol–water partition coefficient (Wildman–Crippen LogP) is 0.0909. The van der Waals surface area contributed by atoms with Gasteiger partial charge in [-0.25, -0.2) is 0 Å². The minimum atomic E-state index is -1.68. The number of aliphatic carboxylic acids is 1. The smallest absolute Gasteiger partial charge is 0.165 e. The third-order valence-electron chi connectivity index (χ3n) is 2.27. The highest BCUT2D eigenvalue weighted by Crippen LogP contribution is 2.22. The number of rotatable bonds is 2. The molecule has 1 atom stereocenters. The summed E-state index contributed by atoms with van der Waals surface area (Å²) >= 11 is 0. The third-order valence-corrected chi connectivity index (χ3v) is 2.27. The first kappa shape index (κ1) is 12.8. The predicted molar refractivity (Wildman–Crippen MR) is 48.3 cm³/mol. The van der Waals surface area contributed by atoms with Gasteiger partial charge in [-0.15, -0.1) is 0 Å². The Balaban J connectivity index is 0.000000292. The maximum Gasteiger partial charge on any atom is 0.165 e. The molecule has 0 N–H and O–H groups in total. The van der Waals surface area contributed by atoms with Gasteiger partial charge in [-0.05, 0) is 19.3 Å². The zero-order valence-corrected chi connectivity index (χ0v) is 8.32. The lowest BCUT2D eigenvalue weighted by Crippen LogP contribution is -2.22. The molecule has 4 nitrogen and oxygen atoms in total. The van der Waals surface area contributed by atoms with Crippen LogP contribution in [0.4, 0.5) is 0 Å². The van der Waals surface area contributed by atoms with Gasteiger partial charge in [0.05, 0.1) is 0 Å². The van der Waals surface area contributed by atoms with E-state index in [0.29, 0.717) is 11.7 Å². The van der Waals surface area contributed by atoms with Crippen LogP contribution in [0.5, 0.6) is 0 Å². The Bertz CT molecular complexity index is 210. The van der Waals surface area contributed by atoms with Gasteiger partial charge in [0.2, 0.25) is 0 Å². The van der Waals surface area contributed by atoms with E-state index >= 15 is 0 Å². The van der Waals surface area contributed by atoms with Crippen molar-refractivity contribution in [3.8, 4) is 0 Å². The summed E-state index contributed by atoms with van der Waals surface area (Å²) in [6.45, 7) is 2.11. The van der Waals surface area contributed by atoms with E-state index in [0.717, 1.165) is 25.7 Å². The van der Waals surface area contributed by atoms with Gasteiger partial charge in [-0.2, -0.15) is 0 Å². The molecule has 1 rings (SSSR count). The summed E-state index contributed by atoms with van der Waals surface area (Å²) in [7, 11) is 0. The molecule has 0 aromatic rings. The van der Waals surface area contributed by atoms with Crippen molar-refractivity contribution in [2.75, 3.05) is 0 Å². The molecule has 1 unspecified atom stereocenters. The van der Waals surface area contributed by atoms with Crippen molar-refractivity contribution in [3.63, 3.8) is 0 Å². The average Bonchev–Trinajstić information content (AvgIpc) is 2.19. The van der Waals surface area contributed by atoms with Crippen LogP contribution in [0.25, 0.3) is 0 Å². The van der Waals surface area contributed by atoms with Crippen molar-refractivity contribution in [2.45, 2.75) is 39.0 Å². The maximum atomic E-state index is 11.0. The molecule has 0 saturated heterocycles. The fourth-order valence-corrected chi connectivity index (χ4v) is 1.49. The average molecular weight is 199 g/mol. The Morgan fingerprint density at radius 2 is 2.14 bits per heavy atom. The zero-order chi connectivity index (χ0) is 11.0. The molecular formula is C10H15O4-. The number of aldehydes is 1. The van der Waals surface area contributed by atoms with E-state index in [1.54, 1.807) is 0 Å². The quantitative estimate of drug-likeness (QED) is 0.466. The number of carbonyl (C=O) groups is 3. The molecule has 0 bridgehead atoms. The van der Waals surface area contributed by atoms with Crippen LogP contribution < -0.4 is 5.11 Å². The molecule has 14 heavy (non-hydrogen) atoms. The van der Waals surface area contributed by atoms with Crippen LogP contribution in [0.3, 0.4) is 0 Å². The van der Waals surface area contributed by atoms with Gasteiger partial charge in [0.15, 0.2) is 6.29 Å². The SMILES string of the molecule is CCC1CCCCC1=O.O=CC(=O)[O-]. The molecule has 0 aromatic carbocycles. The van der Waals surface area contributed by atoms with E-state index in [1.165, 1.54) is 6.42 Å². The number of ketones is 1. The van der Waals surface area contributed by atoms with Crippen molar-refractivity contribution in [1.82, 2.24) is 0 Å². The van der Waals surface area contributed by atoms with Crippen LogP contribution in [0, 0.1) is 5.92 Å². The highest BCUT2D eigenvalue weighted by atomic mass is 16.4. The van der Waals surface area contributed by atoms with E-state index in [9.17, 15) is 4.79 Å². The zero-order valence-electron chi connectivity index (χ0n) is 8.32. The molecule has 1 aliphatic carbocycles. The van der Waals surface area contributed by atoms with Crippen LogP contribution in [-0.4, -0.2) is 18.0 Å². The number of carbonyl (C=O) groups excluding carboxylic acids is 3. The summed E-state index contributed by atoms with van der Waals surface area (Å²) < 4.78 is 0. The van der Waals surface area contributed by atoms with E-state index < -0.39 is 5.97 Å². The lowest BCUT2D eigenvalue weighted by molar-refractivity contribution is -0.298. The fourth-order valence-electron chi connectivity index (χ4n) is 1.49. The normalized spacial score (nSPS) is 20.6. The van der Waals surface area contributed by atoms with Crippen LogP contribution >= 0.6 is 0 Å². The second-order valence-electron chi connectivity index (χ2n) is 3.25. The van der Waals surface area contributed by atoms with Crippen LogP contribution in [0.1, 0.15) is 39.0 Å². The Morgan fingerprint density at radius 3 is 2.43 bits per heavy atom. The van der Waals surface area contributed by atoms with Gasteiger partial charge in [0.25, 0.3) is 0 Å². The lowest BCUT2D eigenvalue weighted by atomic mass is 9.86.